The van der Waals surface area contributed by atoms with Gasteiger partial charge in [-0.25, -0.2) is 0 Å². The smallest absolute Gasteiger partial charge is 0.0603 e. The van der Waals surface area contributed by atoms with E-state index in [0.29, 0.717) is 0 Å². The summed E-state index contributed by atoms with van der Waals surface area (Å²) in [6.45, 7) is 10.7. The fourth-order valence-electron chi connectivity index (χ4n) is 2.40. The number of benzene rings is 1. The maximum absolute atomic E-state index is 4.32. The molecule has 19 heavy (non-hydrogen) atoms. The number of aromatic nitrogens is 1. The summed E-state index contributed by atoms with van der Waals surface area (Å²) in [7, 11) is 0. The Morgan fingerprint density at radius 2 is 1.68 bits per heavy atom. The van der Waals surface area contributed by atoms with Crippen LogP contribution in [0.25, 0.3) is 0 Å². The second kappa shape index (κ2) is 5.43. The number of anilines is 1. The van der Waals surface area contributed by atoms with Gasteiger partial charge in [-0.05, 0) is 69.0 Å². The van der Waals surface area contributed by atoms with Gasteiger partial charge in [0.1, 0.15) is 0 Å². The summed E-state index contributed by atoms with van der Waals surface area (Å²) in [5, 5.41) is 3.55. The van der Waals surface area contributed by atoms with Crippen molar-refractivity contribution >= 4 is 5.69 Å². The van der Waals surface area contributed by atoms with Crippen LogP contribution in [0.1, 0.15) is 40.9 Å². The van der Waals surface area contributed by atoms with Gasteiger partial charge in [0.25, 0.3) is 0 Å². The molecule has 0 bridgehead atoms. The largest absolute Gasteiger partial charge is 0.377 e. The van der Waals surface area contributed by atoms with Crippen molar-refractivity contribution in [3.63, 3.8) is 0 Å². The lowest BCUT2D eigenvalue weighted by Crippen LogP contribution is -2.10. The van der Waals surface area contributed by atoms with E-state index in [0.717, 1.165) is 11.4 Å². The molecule has 0 aliphatic heterocycles. The summed E-state index contributed by atoms with van der Waals surface area (Å²) in [5.41, 5.74) is 7.53. The molecule has 0 amide bonds. The zero-order valence-corrected chi connectivity index (χ0v) is 12.4. The van der Waals surface area contributed by atoms with Gasteiger partial charge in [0.2, 0.25) is 0 Å². The van der Waals surface area contributed by atoms with E-state index in [1.807, 2.05) is 19.2 Å². The highest BCUT2D eigenvalue weighted by atomic mass is 14.9. The molecule has 0 saturated carbocycles. The molecule has 2 rings (SSSR count). The summed E-state index contributed by atoms with van der Waals surface area (Å²) >= 11 is 0. The van der Waals surface area contributed by atoms with Gasteiger partial charge in [0, 0.05) is 12.2 Å². The first-order chi connectivity index (χ1) is 8.99. The highest BCUT2D eigenvalue weighted by molar-refractivity contribution is 5.50. The van der Waals surface area contributed by atoms with Crippen molar-refractivity contribution in [2.75, 3.05) is 5.32 Å². The van der Waals surface area contributed by atoms with Crippen LogP contribution in [0.4, 0.5) is 5.69 Å². The van der Waals surface area contributed by atoms with E-state index in [9.17, 15) is 0 Å². The Bertz CT molecular complexity index is 588. The molecule has 1 unspecified atom stereocenters. The van der Waals surface area contributed by atoms with Crippen LogP contribution in [0.15, 0.2) is 30.5 Å². The monoisotopic (exact) mass is 254 g/mol. The molecular weight excluding hydrogens is 232 g/mol. The maximum atomic E-state index is 4.32. The van der Waals surface area contributed by atoms with Crippen molar-refractivity contribution in [3.05, 3.63) is 58.4 Å². The van der Waals surface area contributed by atoms with Crippen LogP contribution in [-0.2, 0) is 0 Å². The molecule has 1 N–H and O–H groups in total. The van der Waals surface area contributed by atoms with Crippen LogP contribution in [-0.4, -0.2) is 4.98 Å². The molecule has 0 spiro atoms. The van der Waals surface area contributed by atoms with Gasteiger partial charge in [0.05, 0.1) is 11.4 Å². The van der Waals surface area contributed by atoms with Crippen LogP contribution in [0, 0.1) is 27.7 Å². The molecule has 0 radical (unpaired) electrons. The molecule has 1 aromatic heterocycles. The van der Waals surface area contributed by atoms with E-state index in [1.54, 1.807) is 0 Å². The van der Waals surface area contributed by atoms with E-state index in [2.05, 4.69) is 56.2 Å². The summed E-state index contributed by atoms with van der Waals surface area (Å²) in [5.74, 6) is 0. The third-order valence-electron chi connectivity index (χ3n) is 3.73. The molecule has 0 saturated heterocycles. The predicted octanol–water partition coefficient (Wildman–Crippen LogP) is 4.49. The van der Waals surface area contributed by atoms with Gasteiger partial charge < -0.3 is 5.32 Å². The first-order valence-corrected chi connectivity index (χ1v) is 6.75. The predicted molar refractivity (Wildman–Crippen MR) is 81.7 cm³/mol. The minimum Gasteiger partial charge on any atom is -0.377 e. The Kier molecular flexibility index (Phi) is 3.89. The van der Waals surface area contributed by atoms with E-state index in [-0.39, 0.29) is 6.04 Å². The Morgan fingerprint density at radius 3 is 2.37 bits per heavy atom. The number of nitrogens with one attached hydrogen (secondary N) is 1. The number of rotatable bonds is 3. The molecule has 100 valence electrons. The van der Waals surface area contributed by atoms with Gasteiger partial charge >= 0.3 is 0 Å². The first kappa shape index (κ1) is 13.6. The molecule has 0 aliphatic carbocycles. The zero-order chi connectivity index (χ0) is 14.0. The third-order valence-corrected chi connectivity index (χ3v) is 3.73. The number of nitrogens with zero attached hydrogens (tertiary/aromatic N) is 1. The fourth-order valence-corrected chi connectivity index (χ4v) is 2.40. The van der Waals surface area contributed by atoms with Crippen molar-refractivity contribution < 1.29 is 0 Å². The Hall–Kier alpha value is -1.83. The Balaban J connectivity index is 2.28. The Labute approximate surface area is 115 Å². The van der Waals surface area contributed by atoms with Gasteiger partial charge in [-0.2, -0.15) is 0 Å². The van der Waals surface area contributed by atoms with Gasteiger partial charge in [-0.15, -0.1) is 0 Å². The molecule has 2 heteroatoms. The topological polar surface area (TPSA) is 24.9 Å². The molecule has 0 aliphatic rings. The lowest BCUT2D eigenvalue weighted by Gasteiger charge is -2.20. The van der Waals surface area contributed by atoms with Crippen molar-refractivity contribution in [2.24, 2.45) is 0 Å². The van der Waals surface area contributed by atoms with Crippen LogP contribution in [0.2, 0.25) is 0 Å². The van der Waals surface area contributed by atoms with E-state index < -0.39 is 0 Å². The average molecular weight is 254 g/mol. The molecule has 2 aromatic rings. The first-order valence-electron chi connectivity index (χ1n) is 6.75. The normalized spacial score (nSPS) is 12.3. The third kappa shape index (κ3) is 2.95. The molecule has 2 nitrogen and oxygen atoms in total. The second-order valence-electron chi connectivity index (χ2n) is 5.30. The quantitative estimate of drug-likeness (QED) is 0.873. The molecule has 0 fully saturated rings. The van der Waals surface area contributed by atoms with Crippen molar-refractivity contribution in [2.45, 2.75) is 40.7 Å². The minimum absolute atomic E-state index is 0.280. The standard InChI is InChI=1S/C17H22N2/c1-11-9-13(3)16(10-12(11)2)14(4)19-17-7-6-8-18-15(17)5/h6-10,14,19H,1-5H3. The summed E-state index contributed by atoms with van der Waals surface area (Å²) in [6, 6.07) is 8.87. The Morgan fingerprint density at radius 1 is 1.00 bits per heavy atom. The van der Waals surface area contributed by atoms with Crippen LogP contribution < -0.4 is 5.32 Å². The van der Waals surface area contributed by atoms with E-state index in [1.165, 1.54) is 22.3 Å². The number of aryl methyl sites for hydroxylation is 4. The van der Waals surface area contributed by atoms with Crippen LogP contribution in [0.3, 0.4) is 0 Å². The average Bonchev–Trinajstić information content (AvgIpc) is 2.36. The summed E-state index contributed by atoms with van der Waals surface area (Å²) in [6.07, 6.45) is 1.83. The second-order valence-corrected chi connectivity index (χ2v) is 5.30. The van der Waals surface area contributed by atoms with Gasteiger partial charge in [-0.1, -0.05) is 12.1 Å². The highest BCUT2D eigenvalue weighted by Crippen LogP contribution is 2.25. The molecule has 1 heterocycles. The van der Waals surface area contributed by atoms with Crippen LogP contribution >= 0.6 is 0 Å². The summed E-state index contributed by atoms with van der Waals surface area (Å²) < 4.78 is 0. The number of pyridine rings is 1. The highest BCUT2D eigenvalue weighted by Gasteiger charge is 2.11. The van der Waals surface area contributed by atoms with E-state index >= 15 is 0 Å². The fraction of sp³-hybridized carbons (Fsp3) is 0.353. The number of hydrogen-bond acceptors (Lipinski definition) is 2. The maximum Gasteiger partial charge on any atom is 0.0603 e. The molecule has 1 aromatic carbocycles. The van der Waals surface area contributed by atoms with Gasteiger partial charge in [0.15, 0.2) is 0 Å². The van der Waals surface area contributed by atoms with Gasteiger partial charge in [-0.3, -0.25) is 4.98 Å². The van der Waals surface area contributed by atoms with Crippen molar-refractivity contribution in [1.29, 1.82) is 0 Å². The summed E-state index contributed by atoms with van der Waals surface area (Å²) in [4.78, 5) is 4.32. The molecular formula is C17H22N2. The van der Waals surface area contributed by atoms with Crippen LogP contribution in [0.5, 0.6) is 0 Å². The van der Waals surface area contributed by atoms with E-state index in [4.69, 9.17) is 0 Å². The lowest BCUT2D eigenvalue weighted by atomic mass is 9.96. The minimum atomic E-state index is 0.280. The van der Waals surface area contributed by atoms with Crippen molar-refractivity contribution in [1.82, 2.24) is 4.98 Å². The molecule has 1 atom stereocenters. The van der Waals surface area contributed by atoms with Crippen molar-refractivity contribution in [3.8, 4) is 0 Å². The lowest BCUT2D eigenvalue weighted by molar-refractivity contribution is 0.865. The number of hydrogen-bond donors (Lipinski definition) is 1. The zero-order valence-electron chi connectivity index (χ0n) is 12.4. The SMILES string of the molecule is Cc1cc(C)c(C(C)Nc2cccnc2C)cc1C.